The van der Waals surface area contributed by atoms with Gasteiger partial charge in [-0.15, -0.1) is 0 Å². The minimum atomic E-state index is -4.57. The summed E-state index contributed by atoms with van der Waals surface area (Å²) in [5.41, 5.74) is 0. The van der Waals surface area contributed by atoms with Gasteiger partial charge in [-0.25, -0.2) is 4.57 Å². The van der Waals surface area contributed by atoms with Crippen LogP contribution in [0.15, 0.2) is 0 Å². The number of aliphatic hydroxyl groups excluding tert-OH is 2. The Kier molecular flexibility index (Phi) is 19.7. The number of hydrogen-bond donors (Lipinski definition) is 3. The molecule has 1 unspecified atom stereocenters. The van der Waals surface area contributed by atoms with Crippen molar-refractivity contribution >= 4 is 19.8 Å². The summed E-state index contributed by atoms with van der Waals surface area (Å²) in [4.78, 5) is 33.8. The van der Waals surface area contributed by atoms with Crippen molar-refractivity contribution in [1.29, 1.82) is 0 Å². The van der Waals surface area contributed by atoms with Crippen LogP contribution < -0.4 is 0 Å². The number of rotatable bonds is 22. The highest BCUT2D eigenvalue weighted by Gasteiger charge is 2.27. The lowest BCUT2D eigenvalue weighted by Gasteiger charge is -2.20. The van der Waals surface area contributed by atoms with E-state index >= 15 is 0 Å². The lowest BCUT2D eigenvalue weighted by Crippen LogP contribution is -2.29. The number of hydrogen-bond acceptors (Lipinski definition) is 9. The lowest BCUT2D eigenvalue weighted by atomic mass is 10.1. The van der Waals surface area contributed by atoms with Crippen molar-refractivity contribution in [2.45, 2.75) is 103 Å². The van der Waals surface area contributed by atoms with Crippen LogP contribution in [0.2, 0.25) is 0 Å². The third-order valence-electron chi connectivity index (χ3n) is 4.76. The highest BCUT2D eigenvalue weighted by molar-refractivity contribution is 7.47. The van der Waals surface area contributed by atoms with Crippen LogP contribution in [0.1, 0.15) is 90.9 Å². The van der Waals surface area contributed by atoms with E-state index in [0.29, 0.717) is 12.8 Å². The summed E-state index contributed by atoms with van der Waals surface area (Å²) in [7, 11) is -4.57. The van der Waals surface area contributed by atoms with Gasteiger partial charge < -0.3 is 24.6 Å². The fraction of sp³-hybridized carbons (Fsp3) is 0.909. The van der Waals surface area contributed by atoms with Crippen LogP contribution in [0.4, 0.5) is 0 Å². The number of esters is 2. The summed E-state index contributed by atoms with van der Waals surface area (Å²) in [6.07, 6.45) is 7.68. The molecule has 0 saturated carbocycles. The molecule has 11 heteroatoms. The zero-order chi connectivity index (χ0) is 25.0. The number of phosphoric ester groups is 1. The van der Waals surface area contributed by atoms with E-state index in [0.717, 1.165) is 51.4 Å². The van der Waals surface area contributed by atoms with Gasteiger partial charge in [0.15, 0.2) is 6.10 Å². The molecule has 3 atom stereocenters. The van der Waals surface area contributed by atoms with Crippen LogP contribution in [-0.2, 0) is 32.7 Å². The quantitative estimate of drug-likeness (QED) is 0.115. The van der Waals surface area contributed by atoms with Gasteiger partial charge in [-0.2, -0.15) is 0 Å². The second kappa shape index (κ2) is 20.4. The SMILES string of the molecule is CCCCCCCCC(=O)O[C@@H](COC(=O)CCCCCC)COP(=O)(O)OC[C@H](O)CO. The first kappa shape index (κ1) is 32.0. The first-order chi connectivity index (χ1) is 15.7. The smallest absolute Gasteiger partial charge is 0.462 e. The van der Waals surface area contributed by atoms with E-state index in [1.807, 2.05) is 0 Å². The molecule has 3 N–H and O–H groups in total. The zero-order valence-electron chi connectivity index (χ0n) is 20.1. The zero-order valence-corrected chi connectivity index (χ0v) is 21.0. The normalized spacial score (nSPS) is 14.9. The number of phosphoric acid groups is 1. The lowest BCUT2D eigenvalue weighted by molar-refractivity contribution is -0.161. The van der Waals surface area contributed by atoms with E-state index in [1.54, 1.807) is 0 Å². The minimum Gasteiger partial charge on any atom is -0.462 e. The molecule has 0 radical (unpaired) electrons. The van der Waals surface area contributed by atoms with Crippen LogP contribution in [-0.4, -0.2) is 65.7 Å². The summed E-state index contributed by atoms with van der Waals surface area (Å²) in [6, 6.07) is 0. The molecule has 0 fully saturated rings. The average molecular weight is 499 g/mol. The molecular formula is C22H43O10P. The van der Waals surface area contributed by atoms with Crippen molar-refractivity contribution in [3.8, 4) is 0 Å². The average Bonchev–Trinajstić information content (AvgIpc) is 2.79. The van der Waals surface area contributed by atoms with E-state index < -0.39 is 51.8 Å². The molecule has 0 bridgehead atoms. The van der Waals surface area contributed by atoms with E-state index in [-0.39, 0.29) is 19.4 Å². The molecule has 0 saturated heterocycles. The predicted octanol–water partition coefficient (Wildman–Crippen LogP) is 3.65. The molecule has 0 heterocycles. The van der Waals surface area contributed by atoms with Gasteiger partial charge in [0.2, 0.25) is 0 Å². The van der Waals surface area contributed by atoms with Crippen LogP contribution in [0, 0.1) is 0 Å². The first-order valence-electron chi connectivity index (χ1n) is 12.0. The van der Waals surface area contributed by atoms with Gasteiger partial charge >= 0.3 is 19.8 Å². The third-order valence-corrected chi connectivity index (χ3v) is 5.71. The second-order valence-corrected chi connectivity index (χ2v) is 9.47. The Hall–Kier alpha value is -1.03. The molecule has 10 nitrogen and oxygen atoms in total. The molecule has 0 aliphatic heterocycles. The number of aliphatic hydroxyl groups is 2. The maximum atomic E-state index is 12.2. The molecule has 0 aromatic heterocycles. The fourth-order valence-corrected chi connectivity index (χ4v) is 3.60. The number of carbonyl (C=O) groups is 2. The number of unbranched alkanes of at least 4 members (excludes halogenated alkanes) is 8. The molecule has 33 heavy (non-hydrogen) atoms. The van der Waals surface area contributed by atoms with Crippen LogP contribution >= 0.6 is 7.82 Å². The van der Waals surface area contributed by atoms with Gasteiger partial charge in [-0.3, -0.25) is 18.6 Å². The predicted molar refractivity (Wildman–Crippen MR) is 122 cm³/mol. The molecule has 0 amide bonds. The second-order valence-electron chi connectivity index (χ2n) is 8.02. The van der Waals surface area contributed by atoms with Gasteiger partial charge in [0, 0.05) is 12.8 Å². The van der Waals surface area contributed by atoms with Crippen molar-refractivity contribution in [3.63, 3.8) is 0 Å². The van der Waals surface area contributed by atoms with Crippen molar-refractivity contribution in [3.05, 3.63) is 0 Å². The molecule has 0 aromatic carbocycles. The molecule has 0 rings (SSSR count). The summed E-state index contributed by atoms with van der Waals surface area (Å²) in [5, 5.41) is 18.0. The third kappa shape index (κ3) is 20.1. The highest BCUT2D eigenvalue weighted by Crippen LogP contribution is 2.43. The largest absolute Gasteiger partial charge is 0.472 e. The fourth-order valence-electron chi connectivity index (χ4n) is 2.81. The minimum absolute atomic E-state index is 0.184. The Balaban J connectivity index is 4.59. The van der Waals surface area contributed by atoms with Crippen LogP contribution in [0.5, 0.6) is 0 Å². The van der Waals surface area contributed by atoms with Crippen molar-refractivity contribution in [2.75, 3.05) is 26.4 Å². The highest BCUT2D eigenvalue weighted by atomic mass is 31.2. The monoisotopic (exact) mass is 498 g/mol. The Morgan fingerprint density at radius 1 is 0.788 bits per heavy atom. The van der Waals surface area contributed by atoms with Gasteiger partial charge in [0.1, 0.15) is 12.7 Å². The van der Waals surface area contributed by atoms with Gasteiger partial charge in [0.05, 0.1) is 19.8 Å². The van der Waals surface area contributed by atoms with Crippen molar-refractivity contribution in [2.24, 2.45) is 0 Å². The molecule has 0 spiro atoms. The number of ether oxygens (including phenoxy) is 2. The summed E-state index contributed by atoms with van der Waals surface area (Å²) < 4.78 is 31.8. The molecule has 0 aromatic rings. The van der Waals surface area contributed by atoms with E-state index in [1.165, 1.54) is 0 Å². The van der Waals surface area contributed by atoms with Gasteiger partial charge in [0.25, 0.3) is 0 Å². The van der Waals surface area contributed by atoms with Crippen LogP contribution in [0.3, 0.4) is 0 Å². The van der Waals surface area contributed by atoms with Gasteiger partial charge in [-0.05, 0) is 12.8 Å². The van der Waals surface area contributed by atoms with E-state index in [9.17, 15) is 24.2 Å². The Bertz CT molecular complexity index is 557. The molecule has 0 aliphatic carbocycles. The Labute approximate surface area is 197 Å². The van der Waals surface area contributed by atoms with E-state index in [4.69, 9.17) is 19.1 Å². The van der Waals surface area contributed by atoms with Crippen molar-refractivity contribution < 1.29 is 47.8 Å². The van der Waals surface area contributed by atoms with E-state index in [2.05, 4.69) is 18.4 Å². The maximum absolute atomic E-state index is 12.2. The standard InChI is InChI=1S/C22H43O10P/c1-3-5-7-9-10-12-14-22(26)32-20(17-29-21(25)13-11-8-6-4-2)18-31-33(27,28)30-16-19(24)15-23/h19-20,23-24H,3-18H2,1-2H3,(H,27,28)/t19-,20+/m1/s1. The van der Waals surface area contributed by atoms with Crippen molar-refractivity contribution in [1.82, 2.24) is 0 Å². The summed E-state index contributed by atoms with van der Waals surface area (Å²) >= 11 is 0. The topological polar surface area (TPSA) is 149 Å². The van der Waals surface area contributed by atoms with Crippen LogP contribution in [0.25, 0.3) is 0 Å². The van der Waals surface area contributed by atoms with Gasteiger partial charge in [-0.1, -0.05) is 65.2 Å². The number of carbonyl (C=O) groups excluding carboxylic acids is 2. The molecule has 196 valence electrons. The molecule has 0 aliphatic rings. The molecular weight excluding hydrogens is 455 g/mol. The summed E-state index contributed by atoms with van der Waals surface area (Å²) in [6.45, 7) is 2.09. The first-order valence-corrected chi connectivity index (χ1v) is 13.5. The maximum Gasteiger partial charge on any atom is 0.472 e. The summed E-state index contributed by atoms with van der Waals surface area (Å²) in [5.74, 6) is -0.958. The Morgan fingerprint density at radius 2 is 1.30 bits per heavy atom. The Morgan fingerprint density at radius 3 is 1.91 bits per heavy atom.